The first-order chi connectivity index (χ1) is 18.3. The van der Waals surface area contributed by atoms with E-state index in [0.717, 1.165) is 12.8 Å². The Morgan fingerprint density at radius 3 is 2.76 bits per heavy atom. The molecule has 3 rings (SSSR count). The van der Waals surface area contributed by atoms with Gasteiger partial charge in [0.15, 0.2) is 11.5 Å². The molecular formula is C27H37IN2O8. The summed E-state index contributed by atoms with van der Waals surface area (Å²) in [4.78, 5) is 27.9. The van der Waals surface area contributed by atoms with E-state index in [1.54, 1.807) is 29.2 Å². The summed E-state index contributed by atoms with van der Waals surface area (Å²) in [6, 6.07) is 2.64. The molecule has 1 aromatic carbocycles. The maximum Gasteiger partial charge on any atom is 0.247 e. The zero-order valence-corrected chi connectivity index (χ0v) is 23.8. The van der Waals surface area contributed by atoms with Crippen molar-refractivity contribution in [2.75, 3.05) is 33.4 Å². The maximum absolute atomic E-state index is 13.3. The van der Waals surface area contributed by atoms with Crippen molar-refractivity contribution >= 4 is 34.4 Å². The van der Waals surface area contributed by atoms with E-state index in [1.165, 1.54) is 7.11 Å². The van der Waals surface area contributed by atoms with Gasteiger partial charge in [-0.1, -0.05) is 6.08 Å². The third-order valence-corrected chi connectivity index (χ3v) is 7.45. The number of halogens is 1. The van der Waals surface area contributed by atoms with Crippen molar-refractivity contribution in [1.82, 2.24) is 10.2 Å². The molecule has 1 aromatic rings. The number of allylic oxidation sites excluding steroid dienone is 1. The Hall–Kier alpha value is -2.19. The van der Waals surface area contributed by atoms with E-state index in [9.17, 15) is 24.9 Å². The number of carbonyl (C=O) groups excluding carboxylic acids is 2. The zero-order valence-electron chi connectivity index (χ0n) is 21.6. The fourth-order valence-electron chi connectivity index (χ4n) is 4.69. The van der Waals surface area contributed by atoms with Crippen LogP contribution in [0.2, 0.25) is 0 Å². The van der Waals surface area contributed by atoms with E-state index in [1.807, 2.05) is 0 Å². The van der Waals surface area contributed by atoms with Crippen LogP contribution in [0.1, 0.15) is 37.7 Å². The number of amides is 2. The van der Waals surface area contributed by atoms with Crippen LogP contribution in [0.15, 0.2) is 36.4 Å². The van der Waals surface area contributed by atoms with Gasteiger partial charge in [-0.2, -0.15) is 0 Å². The third kappa shape index (κ3) is 7.69. The lowest BCUT2D eigenvalue weighted by atomic mass is 9.87. The van der Waals surface area contributed by atoms with Crippen molar-refractivity contribution in [3.8, 4) is 11.5 Å². The summed E-state index contributed by atoms with van der Waals surface area (Å²) in [5.41, 5.74) is 0.976. The first-order valence-electron chi connectivity index (χ1n) is 12.8. The van der Waals surface area contributed by atoms with E-state index in [0.29, 0.717) is 45.8 Å². The predicted molar refractivity (Wildman–Crippen MR) is 149 cm³/mol. The molecule has 10 nitrogen and oxygen atoms in total. The molecule has 38 heavy (non-hydrogen) atoms. The number of methoxy groups -OCH3 is 1. The quantitative estimate of drug-likeness (QED) is 0.188. The predicted octanol–water partition coefficient (Wildman–Crippen LogP) is 1.68. The first-order valence-corrected chi connectivity index (χ1v) is 13.8. The van der Waals surface area contributed by atoms with Gasteiger partial charge in [-0.3, -0.25) is 9.59 Å². The van der Waals surface area contributed by atoms with Crippen molar-refractivity contribution in [2.45, 2.75) is 63.1 Å². The largest absolute Gasteiger partial charge is 0.493 e. The van der Waals surface area contributed by atoms with Gasteiger partial charge in [0.25, 0.3) is 0 Å². The highest BCUT2D eigenvalue weighted by Gasteiger charge is 2.41. The van der Waals surface area contributed by atoms with Gasteiger partial charge in [-0.25, -0.2) is 0 Å². The van der Waals surface area contributed by atoms with E-state index in [2.05, 4.69) is 34.5 Å². The SMILES string of the molecule is C=CCCC(=O)N(C[C@H]1CCCO1)[C@@H]1CC(C(=O)NCCO)=C[C@H](Oc2c(I)cc(CO)cc2OC)[C@H]1O. The second kappa shape index (κ2) is 14.8. The topological polar surface area (TPSA) is 138 Å². The summed E-state index contributed by atoms with van der Waals surface area (Å²) in [5, 5.41) is 33.0. The Bertz CT molecular complexity index is 1010. The molecule has 0 unspecified atom stereocenters. The number of nitrogens with zero attached hydrogens (tertiary/aromatic N) is 1. The Morgan fingerprint density at radius 1 is 1.34 bits per heavy atom. The molecule has 210 valence electrons. The molecule has 1 aliphatic heterocycles. The van der Waals surface area contributed by atoms with E-state index < -0.39 is 24.2 Å². The number of hydrogen-bond acceptors (Lipinski definition) is 8. The number of rotatable bonds is 13. The molecule has 1 fully saturated rings. The lowest BCUT2D eigenvalue weighted by Gasteiger charge is -2.41. The highest BCUT2D eigenvalue weighted by molar-refractivity contribution is 14.1. The lowest BCUT2D eigenvalue weighted by molar-refractivity contribution is -0.140. The molecule has 0 spiro atoms. The summed E-state index contributed by atoms with van der Waals surface area (Å²) in [5.74, 6) is 0.148. The maximum atomic E-state index is 13.3. The van der Waals surface area contributed by atoms with E-state index >= 15 is 0 Å². The van der Waals surface area contributed by atoms with Gasteiger partial charge in [0, 0.05) is 38.1 Å². The normalized spacial score (nSPS) is 22.9. The molecule has 0 saturated carbocycles. The minimum atomic E-state index is -1.16. The average molecular weight is 645 g/mol. The van der Waals surface area contributed by atoms with E-state index in [4.69, 9.17) is 14.2 Å². The molecule has 0 aromatic heterocycles. The van der Waals surface area contributed by atoms with E-state index in [-0.39, 0.29) is 44.6 Å². The Morgan fingerprint density at radius 2 is 2.13 bits per heavy atom. The number of nitrogens with one attached hydrogen (secondary N) is 1. The molecule has 1 heterocycles. The third-order valence-electron chi connectivity index (χ3n) is 6.65. The number of aliphatic hydroxyl groups is 3. The second-order valence-corrected chi connectivity index (χ2v) is 10.5. The zero-order chi connectivity index (χ0) is 27.7. The second-order valence-electron chi connectivity index (χ2n) is 9.29. The molecule has 2 aliphatic rings. The number of carbonyl (C=O) groups is 2. The van der Waals surface area contributed by atoms with Crippen molar-refractivity contribution in [2.24, 2.45) is 0 Å². The summed E-state index contributed by atoms with van der Waals surface area (Å²) in [6.07, 6.45) is 3.45. The lowest BCUT2D eigenvalue weighted by Crippen LogP contribution is -2.56. The molecule has 0 bridgehead atoms. The smallest absolute Gasteiger partial charge is 0.247 e. The van der Waals surface area contributed by atoms with Crippen LogP contribution in [0.5, 0.6) is 11.5 Å². The van der Waals surface area contributed by atoms with Crippen molar-refractivity contribution in [3.05, 3.63) is 45.6 Å². The molecule has 0 radical (unpaired) electrons. The summed E-state index contributed by atoms with van der Waals surface area (Å²) >= 11 is 2.06. The van der Waals surface area contributed by atoms with Crippen molar-refractivity contribution in [1.29, 1.82) is 0 Å². The van der Waals surface area contributed by atoms with Crippen LogP contribution in [0, 0.1) is 3.57 Å². The van der Waals surface area contributed by atoms with Crippen LogP contribution in [0.25, 0.3) is 0 Å². The molecule has 1 aliphatic carbocycles. The number of ether oxygens (including phenoxy) is 3. The fourth-order valence-corrected chi connectivity index (χ4v) is 5.49. The van der Waals surface area contributed by atoms with Crippen LogP contribution in [0.4, 0.5) is 0 Å². The van der Waals surface area contributed by atoms with Gasteiger partial charge >= 0.3 is 0 Å². The van der Waals surface area contributed by atoms with Crippen LogP contribution >= 0.6 is 22.6 Å². The van der Waals surface area contributed by atoms with Crippen LogP contribution < -0.4 is 14.8 Å². The summed E-state index contributed by atoms with van der Waals surface area (Å²) < 4.78 is 18.2. The number of benzene rings is 1. The number of hydrogen-bond donors (Lipinski definition) is 4. The van der Waals surface area contributed by atoms with Gasteiger partial charge in [-0.05, 0) is 65.6 Å². The highest BCUT2D eigenvalue weighted by atomic mass is 127. The van der Waals surface area contributed by atoms with Crippen LogP contribution in [-0.4, -0.2) is 89.8 Å². The molecule has 11 heteroatoms. The Balaban J connectivity index is 1.98. The van der Waals surface area contributed by atoms with Gasteiger partial charge in [0.1, 0.15) is 12.2 Å². The van der Waals surface area contributed by atoms with Crippen LogP contribution in [-0.2, 0) is 20.9 Å². The monoisotopic (exact) mass is 644 g/mol. The Labute approximate surface area is 236 Å². The molecule has 1 saturated heterocycles. The molecule has 4 N–H and O–H groups in total. The average Bonchev–Trinajstić information content (AvgIpc) is 3.44. The molecular weight excluding hydrogens is 607 g/mol. The molecule has 2 amide bonds. The van der Waals surface area contributed by atoms with Gasteiger partial charge in [0.05, 0.1) is 36.0 Å². The van der Waals surface area contributed by atoms with Crippen LogP contribution in [0.3, 0.4) is 0 Å². The number of aliphatic hydroxyl groups excluding tert-OH is 3. The molecule has 4 atom stereocenters. The highest BCUT2D eigenvalue weighted by Crippen LogP contribution is 2.37. The van der Waals surface area contributed by atoms with Crippen molar-refractivity contribution in [3.63, 3.8) is 0 Å². The Kier molecular flexibility index (Phi) is 11.8. The summed E-state index contributed by atoms with van der Waals surface area (Å²) in [7, 11) is 1.48. The fraction of sp³-hybridized carbons (Fsp3) is 0.556. The summed E-state index contributed by atoms with van der Waals surface area (Å²) in [6.45, 7) is 4.29. The van der Waals surface area contributed by atoms with Gasteiger partial charge in [-0.15, -0.1) is 6.58 Å². The van der Waals surface area contributed by atoms with Gasteiger partial charge < -0.3 is 39.7 Å². The first kappa shape index (κ1) is 30.4. The minimum absolute atomic E-state index is 0.0706. The van der Waals surface area contributed by atoms with Gasteiger partial charge in [0.2, 0.25) is 11.8 Å². The minimum Gasteiger partial charge on any atom is -0.493 e. The van der Waals surface area contributed by atoms with Crippen molar-refractivity contribution < 1.29 is 39.1 Å². The standard InChI is InChI=1S/C27H37IN2O8/c1-3-4-7-24(33)30(15-19-6-5-10-37-19)21-13-18(27(35)29-8-9-31)14-22(25(21)34)38-26-20(28)11-17(16-32)12-23(26)36-2/h3,11-12,14,19,21-22,25,31-32,34H,1,4-10,13,15-16H2,2H3,(H,29,35)/t19-,21-,22+,25+/m1/s1.